The molecule has 4 nitrogen and oxygen atoms in total. The minimum absolute atomic E-state index is 0.298. The number of rotatable bonds is 3. The van der Waals surface area contributed by atoms with Gasteiger partial charge in [-0.1, -0.05) is 0 Å². The van der Waals surface area contributed by atoms with Gasteiger partial charge >= 0.3 is 0 Å². The van der Waals surface area contributed by atoms with E-state index in [-0.39, 0.29) is 0 Å². The summed E-state index contributed by atoms with van der Waals surface area (Å²) in [5.41, 5.74) is 0. The summed E-state index contributed by atoms with van der Waals surface area (Å²) in [7, 11) is 6.09. The maximum absolute atomic E-state index is 11.7. The minimum Gasteiger partial charge on any atom is -0.340 e. The molecule has 0 bridgehead atoms. The highest BCUT2D eigenvalue weighted by Crippen LogP contribution is 2.01. The van der Waals surface area contributed by atoms with Crippen molar-refractivity contribution in [2.45, 2.75) is 6.42 Å². The summed E-state index contributed by atoms with van der Waals surface area (Å²) < 4.78 is 0. The monoisotopic (exact) mass is 199 g/mol. The van der Waals surface area contributed by atoms with Gasteiger partial charge in [0, 0.05) is 39.1 Å². The standard InChI is InChI=1S/C10H21N3O/c1-11(2)5-4-10(14)13-8-6-12(3)7-9-13/h4-9H2,1-3H3. The molecule has 0 aromatic rings. The van der Waals surface area contributed by atoms with E-state index < -0.39 is 0 Å². The maximum Gasteiger partial charge on any atom is 0.223 e. The number of nitrogens with zero attached hydrogens (tertiary/aromatic N) is 3. The van der Waals surface area contributed by atoms with Gasteiger partial charge in [-0.05, 0) is 21.1 Å². The summed E-state index contributed by atoms with van der Waals surface area (Å²) in [6.07, 6.45) is 0.650. The Kier molecular flexibility index (Phi) is 4.35. The first-order chi connectivity index (χ1) is 6.59. The van der Waals surface area contributed by atoms with E-state index >= 15 is 0 Å². The zero-order valence-corrected chi connectivity index (χ0v) is 9.49. The average Bonchev–Trinajstić information content (AvgIpc) is 2.15. The molecule has 0 aromatic carbocycles. The van der Waals surface area contributed by atoms with Crippen LogP contribution in [0, 0.1) is 0 Å². The van der Waals surface area contributed by atoms with E-state index in [1.165, 1.54) is 0 Å². The molecule has 0 spiro atoms. The average molecular weight is 199 g/mol. The van der Waals surface area contributed by atoms with Crippen molar-refractivity contribution in [1.82, 2.24) is 14.7 Å². The van der Waals surface area contributed by atoms with E-state index in [1.807, 2.05) is 23.9 Å². The van der Waals surface area contributed by atoms with Gasteiger partial charge in [-0.3, -0.25) is 4.79 Å². The second kappa shape index (κ2) is 5.32. The second-order valence-electron chi connectivity index (χ2n) is 4.24. The molecular weight excluding hydrogens is 178 g/mol. The van der Waals surface area contributed by atoms with E-state index in [2.05, 4.69) is 11.9 Å². The number of hydrogen-bond donors (Lipinski definition) is 0. The number of piperazine rings is 1. The molecule has 1 fully saturated rings. The smallest absolute Gasteiger partial charge is 0.223 e. The Morgan fingerprint density at radius 2 is 1.79 bits per heavy atom. The molecule has 1 heterocycles. The van der Waals surface area contributed by atoms with Crippen LogP contribution in [0.25, 0.3) is 0 Å². The largest absolute Gasteiger partial charge is 0.340 e. The van der Waals surface area contributed by atoms with Crippen LogP contribution in [0.5, 0.6) is 0 Å². The molecule has 0 radical (unpaired) electrons. The van der Waals surface area contributed by atoms with Crippen molar-refractivity contribution in [2.24, 2.45) is 0 Å². The molecule has 0 saturated carbocycles. The third-order valence-corrected chi connectivity index (χ3v) is 2.63. The molecular formula is C10H21N3O. The Morgan fingerprint density at radius 3 is 2.29 bits per heavy atom. The molecule has 0 N–H and O–H groups in total. The van der Waals surface area contributed by atoms with Crippen LogP contribution in [0.3, 0.4) is 0 Å². The van der Waals surface area contributed by atoms with Crippen molar-refractivity contribution >= 4 is 5.91 Å². The first-order valence-electron chi connectivity index (χ1n) is 5.20. The summed E-state index contributed by atoms with van der Waals surface area (Å²) in [5, 5.41) is 0. The normalized spacial score (nSPS) is 19.0. The quantitative estimate of drug-likeness (QED) is 0.625. The Hall–Kier alpha value is -0.610. The first kappa shape index (κ1) is 11.5. The molecule has 1 rings (SSSR count). The van der Waals surface area contributed by atoms with Crippen LogP contribution in [0.1, 0.15) is 6.42 Å². The van der Waals surface area contributed by atoms with Crippen molar-refractivity contribution in [3.8, 4) is 0 Å². The van der Waals surface area contributed by atoms with Crippen LogP contribution in [0.2, 0.25) is 0 Å². The second-order valence-corrected chi connectivity index (χ2v) is 4.24. The highest BCUT2D eigenvalue weighted by molar-refractivity contribution is 5.76. The van der Waals surface area contributed by atoms with Gasteiger partial charge in [0.2, 0.25) is 5.91 Å². The van der Waals surface area contributed by atoms with E-state index in [1.54, 1.807) is 0 Å². The molecule has 82 valence electrons. The summed E-state index contributed by atoms with van der Waals surface area (Å²) in [6, 6.07) is 0. The highest BCUT2D eigenvalue weighted by atomic mass is 16.2. The Balaban J connectivity index is 2.24. The molecule has 0 aliphatic carbocycles. The minimum atomic E-state index is 0.298. The molecule has 0 atom stereocenters. The summed E-state index contributed by atoms with van der Waals surface area (Å²) in [6.45, 7) is 4.65. The maximum atomic E-state index is 11.7. The van der Waals surface area contributed by atoms with Crippen molar-refractivity contribution in [3.63, 3.8) is 0 Å². The molecule has 1 aliphatic rings. The van der Waals surface area contributed by atoms with E-state index in [0.717, 1.165) is 32.7 Å². The topological polar surface area (TPSA) is 26.8 Å². The van der Waals surface area contributed by atoms with Gasteiger partial charge in [-0.2, -0.15) is 0 Å². The fraction of sp³-hybridized carbons (Fsp3) is 0.900. The van der Waals surface area contributed by atoms with Crippen molar-refractivity contribution in [3.05, 3.63) is 0 Å². The van der Waals surface area contributed by atoms with Crippen LogP contribution >= 0.6 is 0 Å². The summed E-state index contributed by atoms with van der Waals surface area (Å²) in [5.74, 6) is 0.298. The van der Waals surface area contributed by atoms with Gasteiger partial charge in [0.15, 0.2) is 0 Å². The van der Waals surface area contributed by atoms with E-state index in [0.29, 0.717) is 12.3 Å². The lowest BCUT2D eigenvalue weighted by Crippen LogP contribution is -2.47. The lowest BCUT2D eigenvalue weighted by atomic mass is 10.3. The molecule has 14 heavy (non-hydrogen) atoms. The fourth-order valence-corrected chi connectivity index (χ4v) is 1.53. The predicted molar refractivity (Wildman–Crippen MR) is 57.2 cm³/mol. The number of carbonyl (C=O) groups excluding carboxylic acids is 1. The number of carbonyl (C=O) groups is 1. The zero-order valence-electron chi connectivity index (χ0n) is 9.49. The van der Waals surface area contributed by atoms with Gasteiger partial charge < -0.3 is 14.7 Å². The Labute approximate surface area is 86.5 Å². The molecule has 1 saturated heterocycles. The lowest BCUT2D eigenvalue weighted by molar-refractivity contribution is -0.133. The fourth-order valence-electron chi connectivity index (χ4n) is 1.53. The number of likely N-dealkylation sites (N-methyl/N-ethyl adjacent to an activating group) is 1. The van der Waals surface area contributed by atoms with Crippen molar-refractivity contribution in [1.29, 1.82) is 0 Å². The summed E-state index contributed by atoms with van der Waals surface area (Å²) in [4.78, 5) is 18.0. The van der Waals surface area contributed by atoms with Crippen LogP contribution < -0.4 is 0 Å². The molecule has 1 amide bonds. The van der Waals surface area contributed by atoms with Gasteiger partial charge in [-0.25, -0.2) is 0 Å². The number of amides is 1. The zero-order chi connectivity index (χ0) is 10.6. The van der Waals surface area contributed by atoms with Crippen LogP contribution in [0.4, 0.5) is 0 Å². The van der Waals surface area contributed by atoms with Gasteiger partial charge in [-0.15, -0.1) is 0 Å². The van der Waals surface area contributed by atoms with Gasteiger partial charge in [0.25, 0.3) is 0 Å². The van der Waals surface area contributed by atoms with Crippen LogP contribution in [-0.2, 0) is 4.79 Å². The third kappa shape index (κ3) is 3.64. The molecule has 4 heteroatoms. The predicted octanol–water partition coefficient (Wildman–Crippen LogP) is -0.288. The van der Waals surface area contributed by atoms with E-state index in [4.69, 9.17) is 0 Å². The summed E-state index contributed by atoms with van der Waals surface area (Å²) >= 11 is 0. The van der Waals surface area contributed by atoms with Crippen LogP contribution in [-0.4, -0.2) is 74.5 Å². The first-order valence-corrected chi connectivity index (χ1v) is 5.20. The SMILES string of the molecule is CN(C)CCC(=O)N1CCN(C)CC1. The molecule has 0 unspecified atom stereocenters. The highest BCUT2D eigenvalue weighted by Gasteiger charge is 2.18. The molecule has 1 aliphatic heterocycles. The van der Waals surface area contributed by atoms with Crippen molar-refractivity contribution < 1.29 is 4.79 Å². The number of hydrogen-bond acceptors (Lipinski definition) is 3. The molecule has 0 aromatic heterocycles. The lowest BCUT2D eigenvalue weighted by Gasteiger charge is -2.32. The van der Waals surface area contributed by atoms with Crippen LogP contribution in [0.15, 0.2) is 0 Å². The van der Waals surface area contributed by atoms with Gasteiger partial charge in [0.1, 0.15) is 0 Å². The van der Waals surface area contributed by atoms with Crippen molar-refractivity contribution in [2.75, 3.05) is 53.9 Å². The third-order valence-electron chi connectivity index (χ3n) is 2.63. The Bertz CT molecular complexity index is 186. The Morgan fingerprint density at radius 1 is 1.21 bits per heavy atom. The van der Waals surface area contributed by atoms with E-state index in [9.17, 15) is 4.79 Å². The van der Waals surface area contributed by atoms with Gasteiger partial charge in [0.05, 0.1) is 0 Å².